The number of hydrogen-bond acceptors (Lipinski definition) is 13. The third-order valence-corrected chi connectivity index (χ3v) is 30.6. The molecule has 0 radical (unpaired) electrons. The molecule has 12 aliphatic carbocycles. The molecule has 1 aromatic heterocycles. The van der Waals surface area contributed by atoms with Gasteiger partial charge in [0.2, 0.25) is 0 Å². The van der Waals surface area contributed by atoms with E-state index >= 15 is 9.90 Å². The highest BCUT2D eigenvalue weighted by Gasteiger charge is 2.83. The Bertz CT molecular complexity index is 2800. The molecule has 23 atom stereocenters. The Balaban J connectivity index is 1.06. The first-order chi connectivity index (χ1) is 39.3. The summed E-state index contributed by atoms with van der Waals surface area (Å²) in [5.74, 6) is -2.40. The molecule has 16 heteroatoms. The lowest BCUT2D eigenvalue weighted by atomic mass is 9.38. The van der Waals surface area contributed by atoms with E-state index in [1.807, 2.05) is 41.2 Å². The number of aliphatic imine (C=N–C) groups is 1. The molecule has 0 aromatic carbocycles. The fourth-order valence-corrected chi connectivity index (χ4v) is 29.3. The van der Waals surface area contributed by atoms with Gasteiger partial charge < -0.3 is 56.7 Å². The van der Waals surface area contributed by atoms with Gasteiger partial charge in [0.25, 0.3) is 0 Å². The van der Waals surface area contributed by atoms with Crippen LogP contribution in [-0.4, -0.2) is 131 Å². The standard InChI is InChI=1S/C66H98N6O8S2/c1-35(74)71-59(67)70-31-42-44-15-14-39-38-11-8-12-40-50(38)52-56(41-13-9-19-62(53(40)41)17-6-7-18-62)60(2,3)27-36(72-24-23-69-34-72)32-81-82-65(21-10-20-63(65)22-16-37(75)28-63)49-26-45(51(39)58(52)79)64(44,33-73)66(49,80)46-25-47(76)55-43(30-68-5)57(78)48(77)29-61(55,4)54(42)46/h23-25,34-39,42-45,48-49,51-55,57-58,68,73-75,77-80H,6-22,26-33H2,1-5H3,(H3,67,70,71)/t35-,36-,37+,38+,39+,42-,43+,44-,45-,48+,49-,51+,52-,53+,54+,55+,57-,58+,61-,63-,64-,65-,66+/m1/s1. The van der Waals surface area contributed by atoms with E-state index in [0.717, 1.165) is 70.0 Å². The zero-order valence-corrected chi connectivity index (χ0v) is 51.3. The van der Waals surface area contributed by atoms with Gasteiger partial charge in [-0.2, -0.15) is 0 Å². The maximum Gasteiger partial charge on any atom is 0.190 e. The Morgan fingerprint density at radius 2 is 1.68 bits per heavy atom. The molecule has 14 rings (SSSR count). The summed E-state index contributed by atoms with van der Waals surface area (Å²) in [6.07, 6.45) is 23.1. The summed E-state index contributed by atoms with van der Waals surface area (Å²) >= 11 is 0. The lowest BCUT2D eigenvalue weighted by molar-refractivity contribution is -0.220. The largest absolute Gasteiger partial charge is 0.396 e. The molecule has 1 saturated heterocycles. The number of carbonyl (C=O) groups excluding carboxylic acids is 1. The maximum absolute atomic E-state index is 16.0. The third kappa shape index (κ3) is 7.77. The number of guanidine groups is 1. The highest BCUT2D eigenvalue weighted by Crippen LogP contribution is 2.82. The van der Waals surface area contributed by atoms with Crippen LogP contribution in [0.5, 0.6) is 0 Å². The number of aliphatic hydroxyl groups excluding tert-OH is 6. The third-order valence-electron chi connectivity index (χ3n) is 27.1. The number of ketones is 1. The highest BCUT2D eigenvalue weighted by atomic mass is 33.1. The van der Waals surface area contributed by atoms with Crippen LogP contribution in [0.15, 0.2) is 57.7 Å². The Morgan fingerprint density at radius 3 is 2.40 bits per heavy atom. The molecule has 0 amide bonds. The van der Waals surface area contributed by atoms with Crippen LogP contribution in [-0.2, 0) is 4.79 Å². The quantitative estimate of drug-likeness (QED) is 0.0409. The van der Waals surface area contributed by atoms with Gasteiger partial charge in [-0.3, -0.25) is 9.79 Å². The summed E-state index contributed by atoms with van der Waals surface area (Å²) < 4.78 is 1.73. The molecule has 1 aliphatic heterocycles. The van der Waals surface area contributed by atoms with Crippen molar-refractivity contribution in [1.82, 2.24) is 20.2 Å². The fourth-order valence-electron chi connectivity index (χ4n) is 25.1. The summed E-state index contributed by atoms with van der Waals surface area (Å²) in [6.45, 7) is 8.94. The van der Waals surface area contributed by atoms with Crippen molar-refractivity contribution < 1.29 is 40.5 Å². The molecule has 2 heterocycles. The van der Waals surface area contributed by atoms with Gasteiger partial charge in [0.1, 0.15) is 6.23 Å². The Morgan fingerprint density at radius 1 is 0.902 bits per heavy atom. The summed E-state index contributed by atoms with van der Waals surface area (Å²) in [5.41, 5.74) is 9.38. The monoisotopic (exact) mass is 1170 g/mol. The van der Waals surface area contributed by atoms with Crippen LogP contribution >= 0.6 is 21.6 Å². The summed E-state index contributed by atoms with van der Waals surface area (Å²) in [6, 6.07) is 0.0726. The Kier molecular flexibility index (Phi) is 14.3. The van der Waals surface area contributed by atoms with E-state index in [2.05, 4.69) is 42.2 Å². The lowest BCUT2D eigenvalue weighted by Gasteiger charge is -2.68. The number of nitrogens with one attached hydrogen (secondary N) is 2. The van der Waals surface area contributed by atoms with Crippen molar-refractivity contribution in [2.45, 2.75) is 210 Å². The number of imidazole rings is 1. The van der Waals surface area contributed by atoms with Crippen molar-refractivity contribution in [3.05, 3.63) is 52.7 Å². The molecular formula is C66H98N6O8S2. The number of allylic oxidation sites excluding steroid dienone is 3. The number of aromatic nitrogens is 2. The van der Waals surface area contributed by atoms with E-state index in [0.29, 0.717) is 43.7 Å². The molecule has 1 aromatic rings. The van der Waals surface area contributed by atoms with E-state index in [1.54, 1.807) is 29.7 Å². The van der Waals surface area contributed by atoms with E-state index < -0.39 is 81.4 Å². The number of carbonyl (C=O) groups is 1. The van der Waals surface area contributed by atoms with E-state index in [9.17, 15) is 30.6 Å². The number of nitrogens with zero attached hydrogens (tertiary/aromatic N) is 3. The van der Waals surface area contributed by atoms with Crippen LogP contribution in [0.3, 0.4) is 0 Å². The minimum atomic E-state index is -1.77. The normalized spacial score (nSPS) is 49.4. The van der Waals surface area contributed by atoms with Crippen molar-refractivity contribution in [3.8, 4) is 0 Å². The summed E-state index contributed by atoms with van der Waals surface area (Å²) in [5, 5.41) is 97.2. The lowest BCUT2D eigenvalue weighted by Crippen LogP contribution is -2.72. The van der Waals surface area contributed by atoms with Gasteiger partial charge >= 0.3 is 0 Å². The van der Waals surface area contributed by atoms with Gasteiger partial charge in [0.05, 0.1) is 43.0 Å². The minimum Gasteiger partial charge on any atom is -0.396 e. The smallest absolute Gasteiger partial charge is 0.190 e. The molecule has 82 heavy (non-hydrogen) atoms. The van der Waals surface area contributed by atoms with Gasteiger partial charge in [-0.1, -0.05) is 83.9 Å². The second-order valence-corrected chi connectivity index (χ2v) is 33.4. The SMILES string of the molecule is CNC[C@@H]1[C@@H](O)[C@@H](O)C[C@@]2(C)[C@@H]1C(=O)C=C1[C@@H]2[C@H](CN=C(N)N[C@@H](C)O)[C@H]2CC[C@@H]3[C@@H]4[C@H](O)[C@@H]5C6=C(CCC[C@H]63)[C@H]3C(=C5C(C)(C)C[C@@H](n5ccnc5)CSS[C@]5(CCC[C@]56CC[C@H](O)C6)[C@H]5C[C@H]4[C@]2(CO)[C@]15O)CCCC31CCCC1. The highest BCUT2D eigenvalue weighted by molar-refractivity contribution is 8.77. The van der Waals surface area contributed by atoms with Gasteiger partial charge in [-0.25, -0.2) is 4.98 Å². The molecule has 11 N–H and O–H groups in total. The zero-order chi connectivity index (χ0) is 57.3. The van der Waals surface area contributed by atoms with E-state index in [1.165, 1.54) is 44.1 Å². The topological polar surface area (TPSA) is 239 Å². The van der Waals surface area contributed by atoms with Gasteiger partial charge in [0, 0.05) is 77.0 Å². The molecule has 13 aliphatic rings. The van der Waals surface area contributed by atoms with Crippen LogP contribution in [0.2, 0.25) is 0 Å². The van der Waals surface area contributed by atoms with Crippen LogP contribution in [0.1, 0.15) is 169 Å². The van der Waals surface area contributed by atoms with Crippen LogP contribution in [0, 0.1) is 98.1 Å². The summed E-state index contributed by atoms with van der Waals surface area (Å²) in [7, 11) is 5.72. The molecule has 9 saturated carbocycles. The molecule has 0 unspecified atom stereocenters. The average molecular weight is 1170 g/mol. The van der Waals surface area contributed by atoms with Gasteiger partial charge in [-0.05, 0) is 204 Å². The minimum absolute atomic E-state index is 0.0726. The first kappa shape index (κ1) is 57.5. The second kappa shape index (κ2) is 20.4. The van der Waals surface area contributed by atoms with Crippen molar-refractivity contribution in [3.63, 3.8) is 0 Å². The van der Waals surface area contributed by atoms with E-state index in [-0.39, 0.29) is 89.1 Å². The number of rotatable bonds is 7. The van der Waals surface area contributed by atoms with E-state index in [4.69, 9.17) is 15.7 Å². The van der Waals surface area contributed by atoms with Crippen LogP contribution < -0.4 is 16.4 Å². The first-order valence-electron chi connectivity index (χ1n) is 32.7. The predicted molar refractivity (Wildman–Crippen MR) is 321 cm³/mol. The van der Waals surface area contributed by atoms with Gasteiger partial charge in [-0.15, -0.1) is 0 Å². The molecule has 4 bridgehead atoms. The molecule has 10 fully saturated rings. The van der Waals surface area contributed by atoms with Crippen molar-refractivity contribution in [2.75, 3.05) is 32.5 Å². The van der Waals surface area contributed by atoms with Crippen LogP contribution in [0.4, 0.5) is 0 Å². The van der Waals surface area contributed by atoms with Crippen molar-refractivity contribution >= 4 is 33.3 Å². The number of aliphatic hydroxyl groups is 7. The number of hydrogen-bond donors (Lipinski definition) is 10. The zero-order valence-electron chi connectivity index (χ0n) is 49.7. The summed E-state index contributed by atoms with van der Waals surface area (Å²) in [4.78, 5) is 25.8. The maximum atomic E-state index is 16.0. The Labute approximate surface area is 495 Å². The first-order valence-corrected chi connectivity index (χ1v) is 35.0. The molecule has 452 valence electrons. The number of nitrogens with two attached hydrogens (primary N) is 1. The molecule has 14 nitrogen and oxygen atoms in total. The second-order valence-electron chi connectivity index (χ2n) is 30.7. The van der Waals surface area contributed by atoms with Crippen LogP contribution in [0.25, 0.3) is 0 Å². The van der Waals surface area contributed by atoms with Crippen molar-refractivity contribution in [2.24, 2.45) is 109 Å². The van der Waals surface area contributed by atoms with Crippen molar-refractivity contribution in [1.29, 1.82) is 0 Å². The number of fused-ring (bicyclic) bond motifs is 12. The molecule has 3 spiro atoms. The predicted octanol–water partition coefficient (Wildman–Crippen LogP) is 8.02. The fraction of sp³-hybridized carbons (Fsp3) is 0.833. The average Bonchev–Trinajstić information content (AvgIpc) is 1.48. The van der Waals surface area contributed by atoms with Gasteiger partial charge in [0.15, 0.2) is 11.7 Å². The molecular weight excluding hydrogens is 1070 g/mol. The Hall–Kier alpha value is -2.25.